The van der Waals surface area contributed by atoms with E-state index in [9.17, 15) is 9.59 Å². The van der Waals surface area contributed by atoms with Gasteiger partial charge in [0, 0.05) is 5.69 Å². The fraction of sp³-hybridized carbons (Fsp3) is 0.467. The number of amides is 1. The fourth-order valence-corrected chi connectivity index (χ4v) is 3.11. The first kappa shape index (κ1) is 13.9. The van der Waals surface area contributed by atoms with Crippen LogP contribution in [0.15, 0.2) is 23.0 Å². The molecule has 2 aromatic rings. The molecule has 0 saturated carbocycles. The molecule has 1 aliphatic rings. The molecule has 1 unspecified atom stereocenters. The summed E-state index contributed by atoms with van der Waals surface area (Å²) in [7, 11) is 0. The van der Waals surface area contributed by atoms with E-state index in [1.165, 1.54) is 0 Å². The lowest BCUT2D eigenvalue weighted by atomic mass is 9.91. The van der Waals surface area contributed by atoms with Gasteiger partial charge in [-0.2, -0.15) is 0 Å². The summed E-state index contributed by atoms with van der Waals surface area (Å²) in [6, 6.07) is 5.37. The number of H-pyrrole nitrogens is 2. The number of rotatable bonds is 4. The van der Waals surface area contributed by atoms with Gasteiger partial charge in [-0.25, -0.2) is 4.79 Å². The topological polar surface area (TPSA) is 89.8 Å². The molecule has 6 heteroatoms. The highest BCUT2D eigenvalue weighted by atomic mass is 16.2. The smallest absolute Gasteiger partial charge is 0.323 e. The molecule has 21 heavy (non-hydrogen) atoms. The molecule has 0 bridgehead atoms. The minimum absolute atomic E-state index is 0.0130. The van der Waals surface area contributed by atoms with E-state index in [2.05, 4.69) is 27.5 Å². The van der Waals surface area contributed by atoms with Gasteiger partial charge >= 0.3 is 5.69 Å². The summed E-state index contributed by atoms with van der Waals surface area (Å²) in [6.45, 7) is 2.98. The highest BCUT2D eigenvalue weighted by molar-refractivity contribution is 5.99. The Hall–Kier alpha value is -2.08. The number of fused-ring (bicyclic) bond motifs is 1. The van der Waals surface area contributed by atoms with Crippen LogP contribution in [0.2, 0.25) is 0 Å². The molecule has 1 aromatic carbocycles. The third kappa shape index (κ3) is 2.58. The molecule has 0 aliphatic carbocycles. The fourth-order valence-electron chi connectivity index (χ4n) is 3.11. The largest absolute Gasteiger partial charge is 0.324 e. The minimum atomic E-state index is -0.449. The summed E-state index contributed by atoms with van der Waals surface area (Å²) in [4.78, 5) is 29.3. The molecule has 3 rings (SSSR count). The standard InChI is InChI=1S/C15H20N4O2/c1-2-6-15(7-3-8-16-15)13(20)17-10-4-5-11-12(9-10)19-14(21)18-11/h4-5,9,16H,2-3,6-8H2,1H3,(H,17,20)(H2,18,19,21). The number of carbonyl (C=O) groups excluding carboxylic acids is 1. The van der Waals surface area contributed by atoms with Crippen LogP contribution in [0.1, 0.15) is 32.6 Å². The molecule has 1 amide bonds. The second-order valence-electron chi connectivity index (χ2n) is 5.66. The van der Waals surface area contributed by atoms with Gasteiger partial charge in [0.1, 0.15) is 0 Å². The normalized spacial score (nSPS) is 21.8. The maximum Gasteiger partial charge on any atom is 0.323 e. The van der Waals surface area contributed by atoms with Gasteiger partial charge in [-0.15, -0.1) is 0 Å². The molecule has 1 saturated heterocycles. The molecule has 1 atom stereocenters. The molecule has 6 nitrogen and oxygen atoms in total. The van der Waals surface area contributed by atoms with Gasteiger partial charge in [0.25, 0.3) is 0 Å². The van der Waals surface area contributed by atoms with Crippen LogP contribution < -0.4 is 16.3 Å². The minimum Gasteiger partial charge on any atom is -0.324 e. The molecular formula is C15H20N4O2. The van der Waals surface area contributed by atoms with Crippen LogP contribution >= 0.6 is 0 Å². The van der Waals surface area contributed by atoms with Gasteiger partial charge in [0.15, 0.2) is 0 Å². The Morgan fingerprint density at radius 2 is 2.14 bits per heavy atom. The van der Waals surface area contributed by atoms with Crippen molar-refractivity contribution in [3.8, 4) is 0 Å². The number of benzene rings is 1. The van der Waals surface area contributed by atoms with Crippen molar-refractivity contribution < 1.29 is 4.79 Å². The Balaban J connectivity index is 1.83. The molecule has 1 aromatic heterocycles. The Morgan fingerprint density at radius 1 is 1.33 bits per heavy atom. The summed E-state index contributed by atoms with van der Waals surface area (Å²) in [5.41, 5.74) is 1.44. The van der Waals surface area contributed by atoms with Crippen LogP contribution in [0.3, 0.4) is 0 Å². The van der Waals surface area contributed by atoms with E-state index in [0.717, 1.165) is 37.7 Å². The van der Waals surface area contributed by atoms with E-state index < -0.39 is 5.54 Å². The van der Waals surface area contributed by atoms with Gasteiger partial charge in [-0.3, -0.25) is 4.79 Å². The Labute approximate surface area is 122 Å². The molecule has 2 heterocycles. The number of carbonyl (C=O) groups is 1. The zero-order valence-corrected chi connectivity index (χ0v) is 12.1. The van der Waals surface area contributed by atoms with Crippen LogP contribution in [-0.4, -0.2) is 28.0 Å². The Kier molecular flexibility index (Phi) is 3.55. The summed E-state index contributed by atoms with van der Waals surface area (Å²) in [6.07, 6.45) is 3.69. The maximum atomic E-state index is 12.6. The third-order valence-corrected chi connectivity index (χ3v) is 4.13. The van der Waals surface area contributed by atoms with Crippen molar-refractivity contribution in [3.63, 3.8) is 0 Å². The van der Waals surface area contributed by atoms with E-state index >= 15 is 0 Å². The molecule has 1 fully saturated rings. The first-order valence-electron chi connectivity index (χ1n) is 7.41. The van der Waals surface area contributed by atoms with Gasteiger partial charge in [0.2, 0.25) is 5.91 Å². The number of hydrogen-bond acceptors (Lipinski definition) is 3. The van der Waals surface area contributed by atoms with E-state index in [4.69, 9.17) is 0 Å². The summed E-state index contributed by atoms with van der Waals surface area (Å²) in [5, 5.41) is 6.33. The van der Waals surface area contributed by atoms with Crippen molar-refractivity contribution in [2.75, 3.05) is 11.9 Å². The molecule has 0 radical (unpaired) electrons. The van der Waals surface area contributed by atoms with Crippen molar-refractivity contribution in [1.29, 1.82) is 0 Å². The predicted octanol–water partition coefficient (Wildman–Crippen LogP) is 1.72. The van der Waals surface area contributed by atoms with E-state index in [1.807, 2.05) is 0 Å². The Bertz CT molecular complexity index is 710. The van der Waals surface area contributed by atoms with Crippen molar-refractivity contribution in [1.82, 2.24) is 15.3 Å². The van der Waals surface area contributed by atoms with E-state index in [-0.39, 0.29) is 11.6 Å². The monoisotopic (exact) mass is 288 g/mol. The van der Waals surface area contributed by atoms with E-state index in [0.29, 0.717) is 11.2 Å². The second kappa shape index (κ2) is 5.37. The zero-order chi connectivity index (χ0) is 14.9. The molecule has 1 aliphatic heterocycles. The summed E-state index contributed by atoms with van der Waals surface area (Å²) < 4.78 is 0. The summed E-state index contributed by atoms with van der Waals surface area (Å²) in [5.74, 6) is 0.0130. The quantitative estimate of drug-likeness (QED) is 0.690. The highest BCUT2D eigenvalue weighted by Crippen LogP contribution is 2.27. The number of imidazole rings is 1. The van der Waals surface area contributed by atoms with Crippen molar-refractivity contribution in [3.05, 3.63) is 28.7 Å². The Morgan fingerprint density at radius 3 is 2.86 bits per heavy atom. The van der Waals surface area contributed by atoms with Crippen LogP contribution in [0.4, 0.5) is 5.69 Å². The lowest BCUT2D eigenvalue weighted by Crippen LogP contribution is -2.50. The molecule has 112 valence electrons. The van der Waals surface area contributed by atoms with Crippen molar-refractivity contribution in [2.45, 2.75) is 38.1 Å². The average molecular weight is 288 g/mol. The highest BCUT2D eigenvalue weighted by Gasteiger charge is 2.39. The van der Waals surface area contributed by atoms with Crippen molar-refractivity contribution >= 4 is 22.6 Å². The van der Waals surface area contributed by atoms with Crippen LogP contribution in [0.25, 0.3) is 11.0 Å². The first-order valence-corrected chi connectivity index (χ1v) is 7.41. The van der Waals surface area contributed by atoms with Gasteiger partial charge in [-0.05, 0) is 44.0 Å². The lowest BCUT2D eigenvalue weighted by molar-refractivity contribution is -0.122. The third-order valence-electron chi connectivity index (χ3n) is 4.13. The number of anilines is 1. The molecule has 0 spiro atoms. The predicted molar refractivity (Wildman–Crippen MR) is 82.4 cm³/mol. The van der Waals surface area contributed by atoms with Crippen LogP contribution in [0.5, 0.6) is 0 Å². The van der Waals surface area contributed by atoms with Gasteiger partial charge < -0.3 is 20.6 Å². The van der Waals surface area contributed by atoms with Gasteiger partial charge in [0.05, 0.1) is 16.6 Å². The van der Waals surface area contributed by atoms with Crippen LogP contribution in [0, 0.1) is 0 Å². The van der Waals surface area contributed by atoms with Crippen molar-refractivity contribution in [2.24, 2.45) is 0 Å². The molecule has 4 N–H and O–H groups in total. The van der Waals surface area contributed by atoms with Crippen LogP contribution in [-0.2, 0) is 4.79 Å². The number of aromatic amines is 2. The molecular weight excluding hydrogens is 268 g/mol. The lowest BCUT2D eigenvalue weighted by Gasteiger charge is -2.27. The summed E-state index contributed by atoms with van der Waals surface area (Å²) >= 11 is 0. The maximum absolute atomic E-state index is 12.6. The zero-order valence-electron chi connectivity index (χ0n) is 12.1. The number of hydrogen-bond donors (Lipinski definition) is 4. The number of nitrogens with one attached hydrogen (secondary N) is 4. The SMILES string of the molecule is CCCC1(C(=O)Nc2ccc3[nH]c(=O)[nH]c3c2)CCCN1. The second-order valence-corrected chi connectivity index (χ2v) is 5.66. The van der Waals surface area contributed by atoms with Gasteiger partial charge in [-0.1, -0.05) is 13.3 Å². The van der Waals surface area contributed by atoms with E-state index in [1.54, 1.807) is 18.2 Å². The first-order chi connectivity index (χ1) is 10.1. The number of aromatic nitrogens is 2. The average Bonchev–Trinajstić information content (AvgIpc) is 3.05.